The lowest BCUT2D eigenvalue weighted by Crippen LogP contribution is -2.15. The third-order valence-corrected chi connectivity index (χ3v) is 28.3. The van der Waals surface area contributed by atoms with Crippen LogP contribution in [0.5, 0.6) is 23.0 Å². The van der Waals surface area contributed by atoms with Crippen molar-refractivity contribution in [3.05, 3.63) is 383 Å². The number of nitrogens with zero attached hydrogens (tertiary/aromatic N) is 4. The number of benzene rings is 14. The number of fused-ring (bicyclic) bond motifs is 18. The summed E-state index contributed by atoms with van der Waals surface area (Å²) in [5.74, 6) is 2.13. The number of pyridine rings is 8. The maximum atomic E-state index is 14.2. The van der Waals surface area contributed by atoms with Gasteiger partial charge in [-0.05, 0) is 265 Å². The van der Waals surface area contributed by atoms with Crippen LogP contribution >= 0.6 is 22.7 Å². The first-order valence-electron chi connectivity index (χ1n) is 42.7. The van der Waals surface area contributed by atoms with Gasteiger partial charge in [0.05, 0.1) is 66.2 Å². The average Bonchev–Trinajstić information content (AvgIpc) is 0.764. The molecule has 0 atom stereocenters. The molecule has 0 bridgehead atoms. The summed E-state index contributed by atoms with van der Waals surface area (Å²) >= 11 is 3.34. The minimum absolute atomic E-state index is 0.0612. The number of hydrogen-bond acceptors (Lipinski definition) is 14. The second-order valence-electron chi connectivity index (χ2n) is 33.2. The Morgan fingerprint density at radius 2 is 0.461 bits per heavy atom. The van der Waals surface area contributed by atoms with Gasteiger partial charge in [-0.2, -0.15) is 0 Å². The molecule has 0 spiro atoms. The highest BCUT2D eigenvalue weighted by Gasteiger charge is 2.26. The van der Waals surface area contributed by atoms with Crippen molar-refractivity contribution in [1.29, 1.82) is 0 Å². The summed E-state index contributed by atoms with van der Waals surface area (Å²) in [6.45, 7) is 8.93. The molecule has 0 saturated heterocycles. The Morgan fingerprint density at radius 3 is 0.766 bits per heavy atom. The standard InChI is InChI=1S/C60H42N2O8.C50H28N2O4S2/c1-3-33-11-17-47-43(27-33)57(63)39-7-5-9-41-55(39)61(47)49-19-13-35(29-45(49)59(41)65)37-15-21-51-53(31-37)69-25-23-68-52-22-16-38(32-54(52)70-26-24-67-51)36-14-20-50-46(30-36)60(66)42-10-6-8-40-56(42)62(50)48-18-12-34(4-2)28-44(48)58(40)64;1-25-9-13-37-33(21-25)47(53)29-5-3-7-31-45(29)51(37)39-15-11-27(23-35(39)49(31)55)41-17-19-43(57-41)44-20-18-42(58-44)28-12-16-40-36(24-28)50(56)32-8-4-6-30-46(32)52(40)38-14-10-26(2)22-34(38)48(30)54/h5-22,27-32H,3-4,23-26H2,1-2H3;3-24H,1-2H3. The zero-order valence-electron chi connectivity index (χ0n) is 69.3. The minimum Gasteiger partial charge on any atom is -0.486 e. The molecule has 1 aliphatic heterocycles. The van der Waals surface area contributed by atoms with Gasteiger partial charge >= 0.3 is 0 Å². The van der Waals surface area contributed by atoms with E-state index in [2.05, 4.69) is 67.8 Å². The van der Waals surface area contributed by atoms with Gasteiger partial charge in [-0.15, -0.1) is 22.7 Å². The van der Waals surface area contributed by atoms with Crippen molar-refractivity contribution in [2.75, 3.05) is 26.4 Å². The zero-order valence-corrected chi connectivity index (χ0v) is 70.9. The topological polar surface area (TPSA) is 191 Å². The number of para-hydroxylation sites is 4. The smallest absolute Gasteiger partial charge is 0.197 e. The van der Waals surface area contributed by atoms with Crippen LogP contribution in [0, 0.1) is 13.8 Å². The van der Waals surface area contributed by atoms with Crippen molar-refractivity contribution in [3.8, 4) is 75.9 Å². The number of aromatic nitrogens is 4. The van der Waals surface area contributed by atoms with Gasteiger partial charge in [-0.1, -0.05) is 110 Å². The molecule has 128 heavy (non-hydrogen) atoms. The highest BCUT2D eigenvalue weighted by Crippen LogP contribution is 2.44. The van der Waals surface area contributed by atoms with Gasteiger partial charge in [0.25, 0.3) is 0 Å². The Bertz CT molecular complexity index is 9040. The Morgan fingerprint density at radius 1 is 0.227 bits per heavy atom. The summed E-state index contributed by atoms with van der Waals surface area (Å²) in [4.78, 5) is 116. The third-order valence-electron chi connectivity index (χ3n) is 25.9. The van der Waals surface area contributed by atoms with Gasteiger partial charge in [0.1, 0.15) is 26.4 Å². The van der Waals surface area contributed by atoms with E-state index in [0.717, 1.165) is 132 Å². The molecule has 18 heteroatoms. The second kappa shape index (κ2) is 28.9. The molecular formula is C110H70N4O12S2. The minimum atomic E-state index is -0.136. The molecule has 10 aromatic heterocycles. The maximum Gasteiger partial charge on any atom is 0.197 e. The molecule has 1 aliphatic rings. The van der Waals surface area contributed by atoms with Gasteiger partial charge in [0.15, 0.2) is 66.4 Å². The summed E-state index contributed by atoms with van der Waals surface area (Å²) in [6.07, 6.45) is 1.61. The number of hydrogen-bond donors (Lipinski definition) is 0. The van der Waals surface area contributed by atoms with Gasteiger partial charge in [0, 0.05) is 106 Å². The molecule has 614 valence electrons. The monoisotopic (exact) mass is 1700 g/mol. The number of thiophene rings is 2. The number of aryl methyl sites for hydroxylation is 4. The normalized spacial score (nSPS) is 12.8. The summed E-state index contributed by atoms with van der Waals surface area (Å²) < 4.78 is 33.5. The lowest BCUT2D eigenvalue weighted by Gasteiger charge is -2.19. The lowest BCUT2D eigenvalue weighted by atomic mass is 9.98. The molecule has 24 aromatic rings. The zero-order chi connectivity index (χ0) is 86.5. The fourth-order valence-electron chi connectivity index (χ4n) is 19.7. The first kappa shape index (κ1) is 75.9. The van der Waals surface area contributed by atoms with Crippen LogP contribution in [0.25, 0.3) is 205 Å². The Kier molecular flexibility index (Phi) is 17.2. The first-order valence-corrected chi connectivity index (χ1v) is 44.3. The van der Waals surface area contributed by atoms with E-state index in [4.69, 9.17) is 18.9 Å². The fourth-order valence-corrected chi connectivity index (χ4v) is 21.8. The highest BCUT2D eigenvalue weighted by atomic mass is 32.1. The van der Waals surface area contributed by atoms with Crippen LogP contribution in [0.15, 0.2) is 317 Å². The van der Waals surface area contributed by atoms with Gasteiger partial charge in [0.2, 0.25) is 0 Å². The van der Waals surface area contributed by atoms with Crippen molar-refractivity contribution in [3.63, 3.8) is 0 Å². The van der Waals surface area contributed by atoms with Crippen molar-refractivity contribution in [2.24, 2.45) is 0 Å². The van der Waals surface area contributed by atoms with Crippen molar-refractivity contribution < 1.29 is 18.9 Å². The maximum absolute atomic E-state index is 14.2. The molecule has 16 nitrogen and oxygen atoms in total. The first-order chi connectivity index (χ1) is 62.5. The van der Waals surface area contributed by atoms with Crippen molar-refractivity contribution in [2.45, 2.75) is 40.5 Å². The summed E-state index contributed by atoms with van der Waals surface area (Å²) in [7, 11) is 0. The summed E-state index contributed by atoms with van der Waals surface area (Å²) in [5, 5.41) is 9.02. The quantitative estimate of drug-likeness (QED) is 0.109. The average molecular weight is 1700 g/mol. The summed E-state index contributed by atoms with van der Waals surface area (Å²) in [5.41, 5.74) is 17.3. The predicted molar refractivity (Wildman–Crippen MR) is 521 cm³/mol. The van der Waals surface area contributed by atoms with E-state index >= 15 is 0 Å². The molecule has 14 aromatic carbocycles. The van der Waals surface area contributed by atoms with Crippen LogP contribution in [-0.2, 0) is 12.8 Å². The van der Waals surface area contributed by atoms with Gasteiger partial charge < -0.3 is 36.6 Å². The van der Waals surface area contributed by atoms with E-state index in [1.54, 1.807) is 71.2 Å². The molecule has 0 saturated carbocycles. The van der Waals surface area contributed by atoms with E-state index in [1.165, 1.54) is 0 Å². The Hall–Kier alpha value is -15.8. The fraction of sp³-hybridized carbons (Fsp3) is 0.0909. The van der Waals surface area contributed by atoms with Crippen LogP contribution in [-0.4, -0.2) is 44.0 Å². The van der Waals surface area contributed by atoms with E-state index < -0.39 is 0 Å². The molecule has 0 aliphatic carbocycles. The summed E-state index contributed by atoms with van der Waals surface area (Å²) in [6, 6.07) is 89.1. The lowest BCUT2D eigenvalue weighted by molar-refractivity contribution is 0.171. The van der Waals surface area contributed by atoms with E-state index in [1.807, 2.05) is 208 Å². The largest absolute Gasteiger partial charge is 0.486 e. The molecular weight excluding hydrogens is 1630 g/mol. The molecule has 0 unspecified atom stereocenters. The van der Waals surface area contributed by atoms with Gasteiger partial charge in [-0.25, -0.2) is 0 Å². The molecule has 11 heterocycles. The van der Waals surface area contributed by atoms with E-state index in [-0.39, 0.29) is 69.9 Å². The number of rotatable bonds is 7. The molecule has 0 N–H and O–H groups in total. The van der Waals surface area contributed by atoms with E-state index in [0.29, 0.717) is 131 Å². The van der Waals surface area contributed by atoms with Crippen molar-refractivity contribution >= 4 is 175 Å². The molecule has 0 radical (unpaired) electrons. The van der Waals surface area contributed by atoms with Gasteiger partial charge in [-0.3, -0.25) is 38.4 Å². The second-order valence-corrected chi connectivity index (χ2v) is 35.4. The SMILES string of the molecule is CCc1ccc2c(c1)c(=O)c1cccc3c(=O)c4cc(-c5ccc6c(c5)OCCOc5ccc(-c7ccc8c(c7)c(=O)c7cccc9c(=O)c%10cc(CC)ccc%10n8c97)cc5OCCO6)ccc4n2c13.Cc1ccc2c(c1)c(=O)c1cccc3c(=O)c4cc(-c5ccc(-c6ccc(-c7ccc8c(c7)c(=O)c7cccc9c(=O)c%10cc(C)ccc%10n8c97)s6)s5)ccc4n2c13. The van der Waals surface area contributed by atoms with Crippen LogP contribution in [0.3, 0.4) is 0 Å². The predicted octanol–water partition coefficient (Wildman–Crippen LogP) is 22.3. The van der Waals surface area contributed by atoms with E-state index in [9.17, 15) is 38.4 Å². The number of ether oxygens (including phenoxy) is 4. The molecule has 0 amide bonds. The highest BCUT2D eigenvalue weighted by molar-refractivity contribution is 7.25. The van der Waals surface area contributed by atoms with Crippen LogP contribution < -0.4 is 62.4 Å². The Labute approximate surface area is 732 Å². The Balaban J connectivity index is 0.000000145. The third kappa shape index (κ3) is 11.5. The van der Waals surface area contributed by atoms with Crippen LogP contribution in [0.4, 0.5) is 0 Å². The van der Waals surface area contributed by atoms with Crippen LogP contribution in [0.1, 0.15) is 36.1 Å². The molecule has 25 rings (SSSR count). The van der Waals surface area contributed by atoms with Crippen LogP contribution in [0.2, 0.25) is 0 Å². The molecule has 0 fully saturated rings. The van der Waals surface area contributed by atoms with Crippen molar-refractivity contribution in [1.82, 2.24) is 17.6 Å².